The largest absolute Gasteiger partial charge is 0.491 e. The lowest BCUT2D eigenvalue weighted by atomic mass is 10.3. The zero-order valence-electron chi connectivity index (χ0n) is 22.7. The second-order valence-electron chi connectivity index (χ2n) is 8.12. The molecule has 0 aliphatic rings. The molecule has 0 aromatic heterocycles. The standard InChI is InChI=1S/C26H48N2O9/c1-28(2)7-8-29-9-10-30-11-12-31-13-14-32-15-16-33-17-18-34-19-20-35-21-22-36-23-24-37-26-5-3-25(27)4-6-26/h3-6H,7-24,27H2,1-2H3. The summed E-state index contributed by atoms with van der Waals surface area (Å²) in [4.78, 5) is 2.08. The zero-order chi connectivity index (χ0) is 26.7. The van der Waals surface area contributed by atoms with E-state index in [4.69, 9.17) is 48.4 Å². The second kappa shape index (κ2) is 26.1. The number of rotatable bonds is 28. The first-order valence-electron chi connectivity index (χ1n) is 12.9. The molecule has 0 atom stereocenters. The fourth-order valence-corrected chi connectivity index (χ4v) is 2.67. The van der Waals surface area contributed by atoms with Crippen molar-refractivity contribution in [3.05, 3.63) is 24.3 Å². The maximum atomic E-state index is 5.63. The van der Waals surface area contributed by atoms with Crippen molar-refractivity contribution >= 4 is 5.69 Å². The van der Waals surface area contributed by atoms with Crippen molar-refractivity contribution in [2.45, 2.75) is 0 Å². The summed E-state index contributed by atoms with van der Waals surface area (Å²) in [6.07, 6.45) is 0. The molecule has 0 radical (unpaired) electrons. The summed E-state index contributed by atoms with van der Waals surface area (Å²) in [5.41, 5.74) is 6.34. The Labute approximate surface area is 222 Å². The van der Waals surface area contributed by atoms with Crippen LogP contribution in [0.4, 0.5) is 5.69 Å². The molecule has 0 saturated carbocycles. The van der Waals surface area contributed by atoms with Crippen molar-refractivity contribution < 1.29 is 42.6 Å². The van der Waals surface area contributed by atoms with Crippen LogP contribution in [-0.2, 0) is 37.9 Å². The average Bonchev–Trinajstić information content (AvgIpc) is 2.89. The van der Waals surface area contributed by atoms with Gasteiger partial charge in [-0.15, -0.1) is 0 Å². The quantitative estimate of drug-likeness (QED) is 0.125. The molecule has 1 aromatic carbocycles. The second-order valence-corrected chi connectivity index (χ2v) is 8.12. The van der Waals surface area contributed by atoms with Crippen LogP contribution in [0.3, 0.4) is 0 Å². The number of likely N-dealkylation sites (N-methyl/N-ethyl adjacent to an activating group) is 1. The number of anilines is 1. The van der Waals surface area contributed by atoms with Crippen molar-refractivity contribution in [1.29, 1.82) is 0 Å². The predicted octanol–water partition coefficient (Wildman–Crippen LogP) is 1.34. The van der Waals surface area contributed by atoms with Gasteiger partial charge in [0, 0.05) is 12.2 Å². The molecule has 0 bridgehead atoms. The SMILES string of the molecule is CN(C)CCOCCOCCOCCOCCOCCOCCOCCOCCOc1ccc(N)cc1. The van der Waals surface area contributed by atoms with Crippen LogP contribution >= 0.6 is 0 Å². The molecule has 0 spiro atoms. The first-order valence-corrected chi connectivity index (χ1v) is 12.9. The fourth-order valence-electron chi connectivity index (χ4n) is 2.67. The molecule has 0 aliphatic carbocycles. The predicted molar refractivity (Wildman–Crippen MR) is 141 cm³/mol. The topological polar surface area (TPSA) is 112 Å². The van der Waals surface area contributed by atoms with Crippen LogP contribution in [0.2, 0.25) is 0 Å². The van der Waals surface area contributed by atoms with E-state index in [9.17, 15) is 0 Å². The van der Waals surface area contributed by atoms with E-state index in [0.29, 0.717) is 111 Å². The van der Waals surface area contributed by atoms with E-state index in [0.717, 1.165) is 18.9 Å². The molecular formula is C26H48N2O9. The molecule has 37 heavy (non-hydrogen) atoms. The fraction of sp³-hybridized carbons (Fsp3) is 0.769. The van der Waals surface area contributed by atoms with Crippen LogP contribution in [0.5, 0.6) is 5.75 Å². The van der Waals surface area contributed by atoms with Gasteiger partial charge in [0.05, 0.1) is 106 Å². The first kappa shape index (κ1) is 33.5. The summed E-state index contributed by atoms with van der Waals surface area (Å²) in [6, 6.07) is 7.27. The third-order valence-electron chi connectivity index (χ3n) is 4.66. The Balaban J connectivity index is 1.65. The van der Waals surface area contributed by atoms with Crippen molar-refractivity contribution in [2.75, 3.05) is 139 Å². The van der Waals surface area contributed by atoms with E-state index in [2.05, 4.69) is 4.90 Å². The summed E-state index contributed by atoms with van der Waals surface area (Å²) < 4.78 is 49.2. The van der Waals surface area contributed by atoms with Gasteiger partial charge in [-0.2, -0.15) is 0 Å². The molecule has 1 aromatic rings. The molecule has 0 heterocycles. The Morgan fingerprint density at radius 1 is 0.459 bits per heavy atom. The van der Waals surface area contributed by atoms with E-state index in [1.165, 1.54) is 0 Å². The number of hydrogen-bond acceptors (Lipinski definition) is 11. The summed E-state index contributed by atoms with van der Waals surface area (Å²) in [5, 5.41) is 0. The van der Waals surface area contributed by atoms with Crippen molar-refractivity contribution in [1.82, 2.24) is 4.90 Å². The molecule has 0 aliphatic heterocycles. The van der Waals surface area contributed by atoms with Gasteiger partial charge in [-0.1, -0.05) is 0 Å². The van der Waals surface area contributed by atoms with Gasteiger partial charge in [-0.25, -0.2) is 0 Å². The van der Waals surface area contributed by atoms with Gasteiger partial charge in [-0.05, 0) is 38.4 Å². The van der Waals surface area contributed by atoms with Gasteiger partial charge >= 0.3 is 0 Å². The Bertz CT molecular complexity index is 594. The normalized spacial score (nSPS) is 11.4. The van der Waals surface area contributed by atoms with Crippen molar-refractivity contribution in [3.63, 3.8) is 0 Å². The van der Waals surface area contributed by atoms with E-state index in [-0.39, 0.29) is 0 Å². The number of nitrogen functional groups attached to an aromatic ring is 1. The van der Waals surface area contributed by atoms with Crippen LogP contribution < -0.4 is 10.5 Å². The zero-order valence-corrected chi connectivity index (χ0v) is 22.7. The third-order valence-corrected chi connectivity index (χ3v) is 4.66. The van der Waals surface area contributed by atoms with Gasteiger partial charge in [0.2, 0.25) is 0 Å². The minimum absolute atomic E-state index is 0.482. The Hall–Kier alpha value is -1.54. The minimum Gasteiger partial charge on any atom is -0.491 e. The number of ether oxygens (including phenoxy) is 9. The molecule has 2 N–H and O–H groups in total. The molecule has 0 amide bonds. The lowest BCUT2D eigenvalue weighted by Gasteiger charge is -2.10. The van der Waals surface area contributed by atoms with Crippen LogP contribution in [0, 0.1) is 0 Å². The highest BCUT2D eigenvalue weighted by Gasteiger charge is 1.97. The smallest absolute Gasteiger partial charge is 0.119 e. The van der Waals surface area contributed by atoms with Crippen LogP contribution in [0.25, 0.3) is 0 Å². The summed E-state index contributed by atoms with van der Waals surface area (Å²) in [6.45, 7) is 10.1. The van der Waals surface area contributed by atoms with Gasteiger partial charge in [0.15, 0.2) is 0 Å². The van der Waals surface area contributed by atoms with Gasteiger partial charge in [0.25, 0.3) is 0 Å². The number of hydrogen-bond donors (Lipinski definition) is 1. The van der Waals surface area contributed by atoms with Gasteiger partial charge < -0.3 is 53.3 Å². The van der Waals surface area contributed by atoms with Crippen LogP contribution in [0.15, 0.2) is 24.3 Å². The van der Waals surface area contributed by atoms with Crippen LogP contribution in [-0.4, -0.2) is 138 Å². The molecule has 216 valence electrons. The van der Waals surface area contributed by atoms with Gasteiger partial charge in [0.1, 0.15) is 12.4 Å². The molecule has 1 rings (SSSR count). The monoisotopic (exact) mass is 532 g/mol. The molecular weight excluding hydrogens is 484 g/mol. The summed E-state index contributed by atoms with van der Waals surface area (Å²) in [7, 11) is 4.04. The summed E-state index contributed by atoms with van der Waals surface area (Å²) >= 11 is 0. The molecule has 11 nitrogen and oxygen atoms in total. The lowest BCUT2D eigenvalue weighted by molar-refractivity contribution is -0.0238. The van der Waals surface area contributed by atoms with E-state index in [1.54, 1.807) is 12.1 Å². The highest BCUT2D eigenvalue weighted by molar-refractivity contribution is 5.41. The molecule has 11 heteroatoms. The number of nitrogens with zero attached hydrogens (tertiary/aromatic N) is 1. The Morgan fingerprint density at radius 3 is 1.08 bits per heavy atom. The average molecular weight is 533 g/mol. The first-order chi connectivity index (χ1) is 18.2. The maximum Gasteiger partial charge on any atom is 0.119 e. The molecule has 0 saturated heterocycles. The third kappa shape index (κ3) is 24.5. The molecule has 0 unspecified atom stereocenters. The Kier molecular flexibility index (Phi) is 23.6. The van der Waals surface area contributed by atoms with Crippen molar-refractivity contribution in [3.8, 4) is 5.75 Å². The molecule has 0 fully saturated rings. The number of benzene rings is 1. The Morgan fingerprint density at radius 2 is 0.757 bits per heavy atom. The van der Waals surface area contributed by atoms with Gasteiger partial charge in [-0.3, -0.25) is 0 Å². The lowest BCUT2D eigenvalue weighted by Crippen LogP contribution is -2.19. The summed E-state index contributed by atoms with van der Waals surface area (Å²) in [5.74, 6) is 0.776. The van der Waals surface area contributed by atoms with Crippen LogP contribution in [0.1, 0.15) is 0 Å². The number of nitrogens with two attached hydrogens (primary N) is 1. The van der Waals surface area contributed by atoms with E-state index in [1.807, 2.05) is 26.2 Å². The van der Waals surface area contributed by atoms with E-state index < -0.39 is 0 Å². The highest BCUT2D eigenvalue weighted by Crippen LogP contribution is 2.12. The maximum absolute atomic E-state index is 5.63. The van der Waals surface area contributed by atoms with E-state index >= 15 is 0 Å². The van der Waals surface area contributed by atoms with Crippen molar-refractivity contribution in [2.24, 2.45) is 0 Å². The highest BCUT2D eigenvalue weighted by atomic mass is 16.6. The minimum atomic E-state index is 0.482.